The highest BCUT2D eigenvalue weighted by atomic mass is 16.7. The molecular formula is C10H13BNO5. The summed E-state index contributed by atoms with van der Waals surface area (Å²) in [6.07, 6.45) is 0.222. The molecule has 1 rings (SSSR count). The van der Waals surface area contributed by atoms with Crippen molar-refractivity contribution in [2.24, 2.45) is 5.73 Å². The molecule has 91 valence electrons. The molecule has 0 aliphatic rings. The second-order valence-electron chi connectivity index (χ2n) is 3.33. The summed E-state index contributed by atoms with van der Waals surface area (Å²) in [7, 11) is 0.532. The van der Waals surface area contributed by atoms with E-state index in [0.717, 1.165) is 5.56 Å². The second-order valence-corrected chi connectivity index (χ2v) is 3.33. The van der Waals surface area contributed by atoms with Gasteiger partial charge in [0.05, 0.1) is 0 Å². The lowest BCUT2D eigenvalue weighted by molar-refractivity contribution is -0.138. The van der Waals surface area contributed by atoms with Crippen LogP contribution in [0.15, 0.2) is 24.3 Å². The minimum Gasteiger partial charge on any atom is -0.480 e. The number of benzene rings is 1. The maximum absolute atomic E-state index is 10.6. The molecule has 0 saturated carbocycles. The van der Waals surface area contributed by atoms with Crippen LogP contribution in [0.1, 0.15) is 5.56 Å². The molecule has 1 aromatic carbocycles. The normalized spacial score (nSPS) is 11.9. The third-order valence-corrected chi connectivity index (χ3v) is 2.04. The van der Waals surface area contributed by atoms with Gasteiger partial charge in [-0.05, 0) is 24.1 Å². The van der Waals surface area contributed by atoms with Crippen molar-refractivity contribution in [1.82, 2.24) is 0 Å². The number of ether oxygens (including phenoxy) is 1. The Bertz CT molecular complexity index is 373. The third-order valence-electron chi connectivity index (χ3n) is 2.04. The van der Waals surface area contributed by atoms with E-state index in [1.165, 1.54) is 0 Å². The molecule has 1 radical (unpaired) electrons. The van der Waals surface area contributed by atoms with Crippen molar-refractivity contribution in [2.75, 3.05) is 6.79 Å². The van der Waals surface area contributed by atoms with Gasteiger partial charge in [-0.1, -0.05) is 12.1 Å². The maximum atomic E-state index is 10.6. The van der Waals surface area contributed by atoms with E-state index in [-0.39, 0.29) is 13.2 Å². The third kappa shape index (κ3) is 4.86. The Morgan fingerprint density at radius 2 is 2.29 bits per heavy atom. The maximum Gasteiger partial charge on any atom is 0.487 e. The molecule has 0 fully saturated rings. The molecule has 6 nitrogen and oxygen atoms in total. The molecule has 0 aliphatic heterocycles. The van der Waals surface area contributed by atoms with Gasteiger partial charge in [0.25, 0.3) is 0 Å². The first-order valence-corrected chi connectivity index (χ1v) is 4.91. The summed E-state index contributed by atoms with van der Waals surface area (Å²) in [5, 5.41) is 16.9. The lowest BCUT2D eigenvalue weighted by Gasteiger charge is -2.09. The SMILES string of the molecule is N[C@@H](Cc1cccc(OCO[B]O)c1)C(=O)O. The largest absolute Gasteiger partial charge is 0.487 e. The minimum atomic E-state index is -1.05. The number of rotatable bonds is 7. The number of hydrogen-bond donors (Lipinski definition) is 3. The molecule has 1 atom stereocenters. The van der Waals surface area contributed by atoms with Gasteiger partial charge in [-0.3, -0.25) is 4.79 Å². The average molecular weight is 238 g/mol. The van der Waals surface area contributed by atoms with E-state index in [0.29, 0.717) is 13.4 Å². The summed E-state index contributed by atoms with van der Waals surface area (Å²) >= 11 is 0. The molecule has 0 saturated heterocycles. The fourth-order valence-corrected chi connectivity index (χ4v) is 1.24. The van der Waals surface area contributed by atoms with Crippen LogP contribution in [0.3, 0.4) is 0 Å². The van der Waals surface area contributed by atoms with Crippen LogP contribution in [0.25, 0.3) is 0 Å². The zero-order valence-electron chi connectivity index (χ0n) is 9.07. The number of hydrogen-bond acceptors (Lipinski definition) is 5. The van der Waals surface area contributed by atoms with Crippen molar-refractivity contribution in [3.05, 3.63) is 29.8 Å². The Balaban J connectivity index is 2.56. The van der Waals surface area contributed by atoms with Crippen molar-refractivity contribution >= 4 is 13.7 Å². The molecule has 0 heterocycles. The van der Waals surface area contributed by atoms with Gasteiger partial charge in [0.2, 0.25) is 0 Å². The van der Waals surface area contributed by atoms with E-state index in [1.807, 2.05) is 0 Å². The molecule has 0 aromatic heterocycles. The van der Waals surface area contributed by atoms with Crippen molar-refractivity contribution in [2.45, 2.75) is 12.5 Å². The summed E-state index contributed by atoms with van der Waals surface area (Å²) in [5.74, 6) is -0.531. The highest BCUT2D eigenvalue weighted by Crippen LogP contribution is 2.14. The summed E-state index contributed by atoms with van der Waals surface area (Å²) in [4.78, 5) is 10.6. The minimum absolute atomic E-state index is 0.120. The molecule has 7 heteroatoms. The predicted molar refractivity (Wildman–Crippen MR) is 60.3 cm³/mol. The highest BCUT2D eigenvalue weighted by Gasteiger charge is 2.12. The van der Waals surface area contributed by atoms with Gasteiger partial charge in [-0.15, -0.1) is 0 Å². The van der Waals surface area contributed by atoms with Crippen molar-refractivity contribution in [3.63, 3.8) is 0 Å². The zero-order valence-corrected chi connectivity index (χ0v) is 9.07. The molecular weight excluding hydrogens is 225 g/mol. The van der Waals surface area contributed by atoms with E-state index < -0.39 is 12.0 Å². The molecule has 0 amide bonds. The number of carboxylic acid groups (broad SMARTS) is 1. The van der Waals surface area contributed by atoms with Crippen molar-refractivity contribution in [3.8, 4) is 5.75 Å². The van der Waals surface area contributed by atoms with Crippen LogP contribution in [0.4, 0.5) is 0 Å². The lowest BCUT2D eigenvalue weighted by Crippen LogP contribution is -2.32. The van der Waals surface area contributed by atoms with Crippen LogP contribution >= 0.6 is 0 Å². The highest BCUT2D eigenvalue weighted by molar-refractivity contribution is 6.15. The number of carbonyl (C=O) groups is 1. The second kappa shape index (κ2) is 6.90. The Morgan fingerprint density at radius 3 is 2.94 bits per heavy atom. The fourth-order valence-electron chi connectivity index (χ4n) is 1.24. The quantitative estimate of drug-likeness (QED) is 0.337. The van der Waals surface area contributed by atoms with Crippen LogP contribution in [-0.4, -0.2) is 36.6 Å². The standard InChI is InChI=1S/C10H13BNO5/c12-9(10(13)14)5-7-2-1-3-8(4-7)16-6-17-11-15/h1-4,9,15H,5-6,12H2,(H,13,14)/t9-/m0/s1. The number of nitrogens with two attached hydrogens (primary N) is 1. The van der Waals surface area contributed by atoms with E-state index in [4.69, 9.17) is 20.6 Å². The molecule has 4 N–H and O–H groups in total. The Kier molecular flexibility index (Phi) is 5.48. The molecule has 1 aromatic rings. The molecule has 0 bridgehead atoms. The lowest BCUT2D eigenvalue weighted by atomic mass is 10.1. The Labute approximate surface area is 99.3 Å². The Hall–Kier alpha value is -1.57. The first kappa shape index (κ1) is 13.5. The van der Waals surface area contributed by atoms with Gasteiger partial charge in [0.1, 0.15) is 11.8 Å². The van der Waals surface area contributed by atoms with Gasteiger partial charge in [-0.2, -0.15) is 0 Å². The molecule has 17 heavy (non-hydrogen) atoms. The topological polar surface area (TPSA) is 102 Å². The summed E-state index contributed by atoms with van der Waals surface area (Å²) < 4.78 is 9.61. The van der Waals surface area contributed by atoms with Crippen LogP contribution in [0, 0.1) is 0 Å². The molecule has 0 aliphatic carbocycles. The number of aliphatic carboxylic acids is 1. The van der Waals surface area contributed by atoms with Gasteiger partial charge in [0, 0.05) is 0 Å². The number of carboxylic acids is 1. The summed E-state index contributed by atoms with van der Waals surface area (Å²) in [6, 6.07) is 5.91. The van der Waals surface area contributed by atoms with E-state index in [2.05, 4.69) is 4.65 Å². The van der Waals surface area contributed by atoms with Crippen molar-refractivity contribution in [1.29, 1.82) is 0 Å². The first-order chi connectivity index (χ1) is 8.13. The average Bonchev–Trinajstić information content (AvgIpc) is 2.30. The summed E-state index contributed by atoms with van der Waals surface area (Å²) in [6.45, 7) is -0.120. The zero-order chi connectivity index (χ0) is 12.7. The van der Waals surface area contributed by atoms with Crippen LogP contribution < -0.4 is 10.5 Å². The van der Waals surface area contributed by atoms with E-state index in [1.54, 1.807) is 24.3 Å². The van der Waals surface area contributed by atoms with Crippen molar-refractivity contribution < 1.29 is 24.3 Å². The van der Waals surface area contributed by atoms with Gasteiger partial charge < -0.3 is 25.3 Å². The van der Waals surface area contributed by atoms with E-state index in [9.17, 15) is 4.79 Å². The van der Waals surface area contributed by atoms with Gasteiger partial charge in [-0.25, -0.2) is 0 Å². The van der Waals surface area contributed by atoms with Gasteiger partial charge in [0.15, 0.2) is 6.79 Å². The molecule has 0 unspecified atom stereocenters. The van der Waals surface area contributed by atoms with Crippen LogP contribution in [-0.2, 0) is 15.9 Å². The smallest absolute Gasteiger partial charge is 0.480 e. The fraction of sp³-hybridized carbons (Fsp3) is 0.300. The molecule has 0 spiro atoms. The van der Waals surface area contributed by atoms with E-state index >= 15 is 0 Å². The predicted octanol–water partition coefficient (Wildman–Crippen LogP) is -0.480. The Morgan fingerprint density at radius 1 is 1.53 bits per heavy atom. The van der Waals surface area contributed by atoms with Crippen LogP contribution in [0.2, 0.25) is 0 Å². The first-order valence-electron chi connectivity index (χ1n) is 4.91. The monoisotopic (exact) mass is 238 g/mol. The summed E-state index contributed by atoms with van der Waals surface area (Å²) in [5.41, 5.74) is 6.17. The van der Waals surface area contributed by atoms with Crippen LogP contribution in [0.5, 0.6) is 5.75 Å². The van der Waals surface area contributed by atoms with Gasteiger partial charge >= 0.3 is 13.7 Å².